The van der Waals surface area contributed by atoms with Crippen LogP contribution in [0.5, 0.6) is 0 Å². The van der Waals surface area contributed by atoms with Crippen molar-refractivity contribution in [2.24, 2.45) is 0 Å². The Kier molecular flexibility index (Phi) is 6.61. The van der Waals surface area contributed by atoms with E-state index >= 15 is 0 Å². The molecule has 0 aliphatic carbocycles. The van der Waals surface area contributed by atoms with Crippen LogP contribution in [0.25, 0.3) is 0 Å². The number of nitrogens with one attached hydrogen (secondary N) is 1. The van der Waals surface area contributed by atoms with E-state index in [1.165, 1.54) is 0 Å². The molecule has 1 aromatic rings. The van der Waals surface area contributed by atoms with Crippen LogP contribution >= 0.6 is 11.6 Å². The summed E-state index contributed by atoms with van der Waals surface area (Å²) in [5, 5.41) is 3.44. The fourth-order valence-corrected chi connectivity index (χ4v) is 1.84. The molecule has 1 N–H and O–H groups in total. The molecule has 0 aromatic heterocycles. The standard InChI is InChI=1S/C14H21ClFNO/c1-4-8-17-13(9-18-10(2)3)11-6-5-7-12(15)14(11)16/h5-7,10,13,17H,4,8-9H2,1-3H3. The van der Waals surface area contributed by atoms with Crippen molar-refractivity contribution in [1.82, 2.24) is 5.32 Å². The van der Waals surface area contributed by atoms with E-state index in [0.29, 0.717) is 12.2 Å². The maximum absolute atomic E-state index is 14.0. The van der Waals surface area contributed by atoms with Crippen LogP contribution in [-0.2, 0) is 4.74 Å². The van der Waals surface area contributed by atoms with E-state index in [0.717, 1.165) is 13.0 Å². The lowest BCUT2D eigenvalue weighted by Gasteiger charge is -2.21. The Bertz CT molecular complexity index is 371. The van der Waals surface area contributed by atoms with Crippen LogP contribution < -0.4 is 5.32 Å². The Morgan fingerprint density at radius 1 is 1.39 bits per heavy atom. The van der Waals surface area contributed by atoms with Gasteiger partial charge in [-0.3, -0.25) is 0 Å². The SMILES string of the molecule is CCCNC(COC(C)C)c1cccc(Cl)c1F. The van der Waals surface area contributed by atoms with Crippen LogP contribution in [0.15, 0.2) is 18.2 Å². The Balaban J connectivity index is 2.83. The van der Waals surface area contributed by atoms with Crippen molar-refractivity contribution in [3.63, 3.8) is 0 Å². The highest BCUT2D eigenvalue weighted by atomic mass is 35.5. The van der Waals surface area contributed by atoms with Gasteiger partial charge in [0.2, 0.25) is 0 Å². The van der Waals surface area contributed by atoms with Gasteiger partial charge >= 0.3 is 0 Å². The molecule has 0 radical (unpaired) electrons. The van der Waals surface area contributed by atoms with Crippen molar-refractivity contribution in [3.8, 4) is 0 Å². The molecule has 102 valence electrons. The predicted octanol–water partition coefficient (Wildman–Crippen LogP) is 3.94. The third-order valence-corrected chi connectivity index (χ3v) is 2.89. The number of halogens is 2. The molecule has 1 atom stereocenters. The van der Waals surface area contributed by atoms with Gasteiger partial charge in [-0.15, -0.1) is 0 Å². The first-order valence-electron chi connectivity index (χ1n) is 6.35. The van der Waals surface area contributed by atoms with Gasteiger partial charge in [-0.1, -0.05) is 30.7 Å². The van der Waals surface area contributed by atoms with Gasteiger partial charge in [0.15, 0.2) is 0 Å². The van der Waals surface area contributed by atoms with Gasteiger partial charge < -0.3 is 10.1 Å². The Hall–Kier alpha value is -0.640. The maximum Gasteiger partial charge on any atom is 0.146 e. The normalized spacial score (nSPS) is 13.0. The summed E-state index contributed by atoms with van der Waals surface area (Å²) in [5.74, 6) is -0.361. The van der Waals surface area contributed by atoms with E-state index in [9.17, 15) is 4.39 Å². The van der Waals surface area contributed by atoms with Crippen LogP contribution in [0.2, 0.25) is 5.02 Å². The summed E-state index contributed by atoms with van der Waals surface area (Å²) < 4.78 is 19.6. The highest BCUT2D eigenvalue weighted by Gasteiger charge is 2.17. The lowest BCUT2D eigenvalue weighted by molar-refractivity contribution is 0.0604. The maximum atomic E-state index is 14.0. The van der Waals surface area contributed by atoms with Gasteiger partial charge in [-0.2, -0.15) is 0 Å². The lowest BCUT2D eigenvalue weighted by atomic mass is 10.1. The average Bonchev–Trinajstić information content (AvgIpc) is 2.33. The molecule has 0 amide bonds. The number of benzene rings is 1. The molecule has 0 aliphatic rings. The van der Waals surface area contributed by atoms with E-state index in [4.69, 9.17) is 16.3 Å². The molecule has 0 aliphatic heterocycles. The molecule has 0 heterocycles. The molecule has 18 heavy (non-hydrogen) atoms. The zero-order valence-electron chi connectivity index (χ0n) is 11.2. The minimum absolute atomic E-state index is 0.123. The predicted molar refractivity (Wildman–Crippen MR) is 73.5 cm³/mol. The van der Waals surface area contributed by atoms with Gasteiger partial charge in [0.1, 0.15) is 5.82 Å². The van der Waals surface area contributed by atoms with Crippen molar-refractivity contribution >= 4 is 11.6 Å². The zero-order chi connectivity index (χ0) is 13.5. The summed E-state index contributed by atoms with van der Waals surface area (Å²) in [4.78, 5) is 0. The van der Waals surface area contributed by atoms with Crippen molar-refractivity contribution in [1.29, 1.82) is 0 Å². The molecule has 0 fully saturated rings. The summed E-state index contributed by atoms with van der Waals surface area (Å²) in [7, 11) is 0. The lowest BCUT2D eigenvalue weighted by Crippen LogP contribution is -2.28. The molecule has 2 nitrogen and oxygen atoms in total. The largest absolute Gasteiger partial charge is 0.377 e. The average molecular weight is 274 g/mol. The topological polar surface area (TPSA) is 21.3 Å². The quantitative estimate of drug-likeness (QED) is 0.812. The number of ether oxygens (including phenoxy) is 1. The van der Waals surface area contributed by atoms with Gasteiger partial charge in [0.25, 0.3) is 0 Å². The summed E-state index contributed by atoms with van der Waals surface area (Å²) in [6.07, 6.45) is 1.11. The van der Waals surface area contributed by atoms with Gasteiger partial charge in [0.05, 0.1) is 23.8 Å². The second-order valence-corrected chi connectivity index (χ2v) is 4.94. The van der Waals surface area contributed by atoms with Crippen molar-refractivity contribution in [2.75, 3.05) is 13.2 Å². The van der Waals surface area contributed by atoms with E-state index < -0.39 is 0 Å². The molecule has 0 spiro atoms. The minimum Gasteiger partial charge on any atom is -0.377 e. The fourth-order valence-electron chi connectivity index (χ4n) is 1.66. The number of hydrogen-bond acceptors (Lipinski definition) is 2. The first kappa shape index (κ1) is 15.4. The molecule has 0 bridgehead atoms. The molecule has 0 saturated heterocycles. The first-order chi connectivity index (χ1) is 8.56. The zero-order valence-corrected chi connectivity index (χ0v) is 11.9. The van der Waals surface area contributed by atoms with Gasteiger partial charge in [-0.25, -0.2) is 4.39 Å². The molecular formula is C14H21ClFNO. The van der Waals surface area contributed by atoms with E-state index in [2.05, 4.69) is 12.2 Å². The molecule has 1 aromatic carbocycles. The van der Waals surface area contributed by atoms with Crippen LogP contribution in [0.1, 0.15) is 38.8 Å². The summed E-state index contributed by atoms with van der Waals surface area (Å²) in [5.41, 5.74) is 0.566. The van der Waals surface area contributed by atoms with Crippen molar-refractivity contribution < 1.29 is 9.13 Å². The van der Waals surface area contributed by atoms with Crippen molar-refractivity contribution in [3.05, 3.63) is 34.6 Å². The third kappa shape index (κ3) is 4.56. The van der Waals surface area contributed by atoms with Crippen molar-refractivity contribution in [2.45, 2.75) is 39.3 Å². The Morgan fingerprint density at radius 2 is 2.11 bits per heavy atom. The minimum atomic E-state index is -0.361. The van der Waals surface area contributed by atoms with E-state index in [1.807, 2.05) is 13.8 Å². The smallest absolute Gasteiger partial charge is 0.146 e. The fraction of sp³-hybridized carbons (Fsp3) is 0.571. The van der Waals surface area contributed by atoms with Crippen LogP contribution in [0.4, 0.5) is 4.39 Å². The molecular weight excluding hydrogens is 253 g/mol. The molecule has 1 unspecified atom stereocenters. The molecule has 4 heteroatoms. The van der Waals surface area contributed by atoms with Crippen LogP contribution in [-0.4, -0.2) is 19.3 Å². The Morgan fingerprint density at radius 3 is 2.72 bits per heavy atom. The summed E-state index contributed by atoms with van der Waals surface area (Å²) in [6.45, 7) is 7.26. The number of rotatable bonds is 7. The second-order valence-electron chi connectivity index (χ2n) is 4.53. The third-order valence-electron chi connectivity index (χ3n) is 2.59. The van der Waals surface area contributed by atoms with E-state index in [-0.39, 0.29) is 23.0 Å². The summed E-state index contributed by atoms with van der Waals surface area (Å²) in [6, 6.07) is 4.90. The van der Waals surface area contributed by atoms with Gasteiger partial charge in [-0.05, 0) is 32.9 Å². The van der Waals surface area contributed by atoms with Crippen LogP contribution in [0.3, 0.4) is 0 Å². The molecule has 1 rings (SSSR count). The first-order valence-corrected chi connectivity index (χ1v) is 6.73. The van der Waals surface area contributed by atoms with Gasteiger partial charge in [0, 0.05) is 5.56 Å². The number of hydrogen-bond donors (Lipinski definition) is 1. The highest BCUT2D eigenvalue weighted by molar-refractivity contribution is 6.30. The Labute approximate surface area is 113 Å². The second kappa shape index (κ2) is 7.72. The highest BCUT2D eigenvalue weighted by Crippen LogP contribution is 2.24. The molecule has 0 saturated carbocycles. The van der Waals surface area contributed by atoms with E-state index in [1.54, 1.807) is 18.2 Å². The monoisotopic (exact) mass is 273 g/mol. The van der Waals surface area contributed by atoms with Crippen LogP contribution in [0, 0.1) is 5.82 Å². The summed E-state index contributed by atoms with van der Waals surface area (Å²) >= 11 is 5.81.